The molecule has 1 aliphatic heterocycles. The average Bonchev–Trinajstić information content (AvgIpc) is 3.42. The van der Waals surface area contributed by atoms with Gasteiger partial charge < -0.3 is 20.3 Å². The maximum Gasteiger partial charge on any atom is 0.225 e. The summed E-state index contributed by atoms with van der Waals surface area (Å²) in [6.07, 6.45) is 8.27. The number of guanidine groups is 1. The van der Waals surface area contributed by atoms with Gasteiger partial charge in [0.05, 0.1) is 6.61 Å². The van der Waals surface area contributed by atoms with Gasteiger partial charge >= 0.3 is 0 Å². The van der Waals surface area contributed by atoms with E-state index in [-0.39, 0.29) is 35.9 Å². The Bertz CT molecular complexity index is 662. The molecule has 1 atom stereocenters. The van der Waals surface area contributed by atoms with Crippen LogP contribution in [0.25, 0.3) is 0 Å². The number of aromatic nitrogens is 1. The van der Waals surface area contributed by atoms with E-state index in [1.165, 1.54) is 12.8 Å². The zero-order chi connectivity index (χ0) is 19.8. The Labute approximate surface area is 191 Å². The minimum absolute atomic E-state index is 0. The summed E-state index contributed by atoms with van der Waals surface area (Å²) in [7, 11) is 1.77. The molecule has 0 aromatic carbocycles. The molecule has 1 amide bonds. The molecule has 3 rings (SSSR count). The SMILES string of the molecule is CCCOc1ccc(CNC(=NC)NC2CCN(C(=O)C3CCCC3)C2)cn1.I. The molecule has 1 unspecified atom stereocenters. The first-order valence-electron chi connectivity index (χ1n) is 10.5. The molecule has 8 heteroatoms. The highest BCUT2D eigenvalue weighted by molar-refractivity contribution is 14.0. The predicted molar refractivity (Wildman–Crippen MR) is 126 cm³/mol. The number of hydrogen-bond acceptors (Lipinski definition) is 4. The molecule has 1 saturated heterocycles. The maximum atomic E-state index is 12.6. The van der Waals surface area contributed by atoms with Crippen molar-refractivity contribution in [3.8, 4) is 5.88 Å². The zero-order valence-electron chi connectivity index (χ0n) is 17.5. The van der Waals surface area contributed by atoms with Gasteiger partial charge in [-0.2, -0.15) is 0 Å². The molecular formula is C21H34IN5O2. The fraction of sp³-hybridized carbons (Fsp3) is 0.667. The lowest BCUT2D eigenvalue weighted by atomic mass is 10.1. The van der Waals surface area contributed by atoms with Gasteiger partial charge in [-0.1, -0.05) is 25.8 Å². The van der Waals surface area contributed by atoms with E-state index < -0.39 is 0 Å². The van der Waals surface area contributed by atoms with Crippen molar-refractivity contribution in [2.24, 2.45) is 10.9 Å². The minimum atomic E-state index is 0. The van der Waals surface area contributed by atoms with Crippen LogP contribution in [0.1, 0.15) is 51.0 Å². The van der Waals surface area contributed by atoms with Gasteiger partial charge in [-0.25, -0.2) is 4.98 Å². The van der Waals surface area contributed by atoms with Crippen molar-refractivity contribution in [3.63, 3.8) is 0 Å². The van der Waals surface area contributed by atoms with Gasteiger partial charge in [0, 0.05) is 50.9 Å². The summed E-state index contributed by atoms with van der Waals surface area (Å²) in [4.78, 5) is 23.3. The first-order valence-corrected chi connectivity index (χ1v) is 10.5. The van der Waals surface area contributed by atoms with Crippen LogP contribution in [0.2, 0.25) is 0 Å². The maximum absolute atomic E-state index is 12.6. The van der Waals surface area contributed by atoms with Crippen molar-refractivity contribution in [2.45, 2.75) is 58.0 Å². The van der Waals surface area contributed by atoms with Crippen LogP contribution in [-0.4, -0.2) is 54.5 Å². The molecule has 7 nitrogen and oxygen atoms in total. The highest BCUT2D eigenvalue weighted by Gasteiger charge is 2.32. The lowest BCUT2D eigenvalue weighted by Crippen LogP contribution is -2.45. The van der Waals surface area contributed by atoms with Crippen LogP contribution in [0.3, 0.4) is 0 Å². The number of halogens is 1. The third-order valence-electron chi connectivity index (χ3n) is 5.48. The third kappa shape index (κ3) is 7.01. The molecule has 29 heavy (non-hydrogen) atoms. The molecule has 1 aromatic heterocycles. The Hall–Kier alpha value is -1.58. The molecule has 0 bridgehead atoms. The number of likely N-dealkylation sites (tertiary alicyclic amines) is 1. The molecule has 2 aliphatic rings. The highest BCUT2D eigenvalue weighted by Crippen LogP contribution is 2.27. The van der Waals surface area contributed by atoms with E-state index in [9.17, 15) is 4.79 Å². The normalized spacial score (nSPS) is 19.7. The van der Waals surface area contributed by atoms with E-state index in [2.05, 4.69) is 27.5 Å². The smallest absolute Gasteiger partial charge is 0.225 e. The first kappa shape index (κ1) is 23.7. The second-order valence-electron chi connectivity index (χ2n) is 7.67. The largest absolute Gasteiger partial charge is 0.478 e. The fourth-order valence-electron chi connectivity index (χ4n) is 3.89. The van der Waals surface area contributed by atoms with E-state index in [0.717, 1.165) is 50.3 Å². The molecule has 0 spiro atoms. The number of ether oxygens (including phenoxy) is 1. The topological polar surface area (TPSA) is 78.9 Å². The molecule has 1 aliphatic carbocycles. The summed E-state index contributed by atoms with van der Waals surface area (Å²) in [6.45, 7) is 5.00. The number of carbonyl (C=O) groups is 1. The monoisotopic (exact) mass is 515 g/mol. The molecule has 2 N–H and O–H groups in total. The van der Waals surface area contributed by atoms with Crippen molar-refractivity contribution in [3.05, 3.63) is 23.9 Å². The summed E-state index contributed by atoms with van der Waals surface area (Å²) in [5, 5.41) is 6.78. The Morgan fingerprint density at radius 1 is 1.31 bits per heavy atom. The third-order valence-corrected chi connectivity index (χ3v) is 5.48. The Kier molecular flexibility index (Phi) is 9.96. The van der Waals surface area contributed by atoms with Crippen molar-refractivity contribution >= 4 is 35.8 Å². The number of amides is 1. The van der Waals surface area contributed by atoms with Crippen molar-refractivity contribution < 1.29 is 9.53 Å². The summed E-state index contributed by atoms with van der Waals surface area (Å²) >= 11 is 0. The van der Waals surface area contributed by atoms with E-state index >= 15 is 0 Å². The summed E-state index contributed by atoms with van der Waals surface area (Å²) in [6, 6.07) is 4.15. The highest BCUT2D eigenvalue weighted by atomic mass is 127. The molecule has 1 aromatic rings. The molecule has 2 heterocycles. The van der Waals surface area contributed by atoms with E-state index in [0.29, 0.717) is 24.9 Å². The Morgan fingerprint density at radius 3 is 2.76 bits per heavy atom. The zero-order valence-corrected chi connectivity index (χ0v) is 19.9. The molecule has 2 fully saturated rings. The van der Waals surface area contributed by atoms with Gasteiger partial charge in [-0.3, -0.25) is 9.79 Å². The number of nitrogens with one attached hydrogen (secondary N) is 2. The first-order chi connectivity index (χ1) is 13.7. The van der Waals surface area contributed by atoms with E-state index in [4.69, 9.17) is 4.74 Å². The van der Waals surface area contributed by atoms with Gasteiger partial charge in [0.1, 0.15) is 0 Å². The number of pyridine rings is 1. The second-order valence-corrected chi connectivity index (χ2v) is 7.67. The summed E-state index contributed by atoms with van der Waals surface area (Å²) < 4.78 is 5.51. The van der Waals surface area contributed by atoms with Crippen LogP contribution < -0.4 is 15.4 Å². The van der Waals surface area contributed by atoms with Crippen LogP contribution in [-0.2, 0) is 11.3 Å². The number of rotatable bonds is 7. The van der Waals surface area contributed by atoms with Crippen LogP contribution in [0.5, 0.6) is 5.88 Å². The average molecular weight is 515 g/mol. The van der Waals surface area contributed by atoms with E-state index in [1.54, 1.807) is 7.05 Å². The number of aliphatic imine (C=N–C) groups is 1. The van der Waals surface area contributed by atoms with Crippen LogP contribution >= 0.6 is 24.0 Å². The van der Waals surface area contributed by atoms with Crippen molar-refractivity contribution in [2.75, 3.05) is 26.7 Å². The van der Waals surface area contributed by atoms with Crippen LogP contribution in [0, 0.1) is 5.92 Å². The molecular weight excluding hydrogens is 481 g/mol. The summed E-state index contributed by atoms with van der Waals surface area (Å²) in [5.41, 5.74) is 1.07. The number of carbonyl (C=O) groups excluding carboxylic acids is 1. The fourth-order valence-corrected chi connectivity index (χ4v) is 3.89. The lowest BCUT2D eigenvalue weighted by molar-refractivity contribution is -0.134. The molecule has 1 saturated carbocycles. The van der Waals surface area contributed by atoms with Crippen molar-refractivity contribution in [1.29, 1.82) is 0 Å². The Balaban J connectivity index is 0.00000300. The van der Waals surface area contributed by atoms with Crippen LogP contribution in [0.4, 0.5) is 0 Å². The molecule has 0 radical (unpaired) electrons. The van der Waals surface area contributed by atoms with Gasteiger partial charge in [0.15, 0.2) is 5.96 Å². The summed E-state index contributed by atoms with van der Waals surface area (Å²) in [5.74, 6) is 2.02. The minimum Gasteiger partial charge on any atom is -0.478 e. The second kappa shape index (κ2) is 12.2. The van der Waals surface area contributed by atoms with Gasteiger partial charge in [-0.15, -0.1) is 24.0 Å². The lowest BCUT2D eigenvalue weighted by Gasteiger charge is -2.21. The molecule has 162 valence electrons. The quantitative estimate of drug-likeness (QED) is 0.332. The van der Waals surface area contributed by atoms with Gasteiger partial charge in [-0.05, 0) is 31.2 Å². The van der Waals surface area contributed by atoms with E-state index in [1.807, 2.05) is 23.2 Å². The number of nitrogens with zero attached hydrogens (tertiary/aromatic N) is 3. The Morgan fingerprint density at radius 2 is 2.10 bits per heavy atom. The van der Waals surface area contributed by atoms with Gasteiger partial charge in [0.2, 0.25) is 11.8 Å². The predicted octanol–water partition coefficient (Wildman–Crippen LogP) is 2.94. The van der Waals surface area contributed by atoms with Crippen molar-refractivity contribution in [1.82, 2.24) is 20.5 Å². The van der Waals surface area contributed by atoms with Gasteiger partial charge in [0.25, 0.3) is 0 Å². The standard InChI is InChI=1S/C21H33N5O2.HI/c1-3-12-28-19-9-8-16(13-23-19)14-24-21(22-2)25-18-10-11-26(15-18)20(27)17-6-4-5-7-17;/h8-9,13,17-18H,3-7,10-12,14-15H2,1-2H3,(H2,22,24,25);1H. The number of hydrogen-bond donors (Lipinski definition) is 2. The van der Waals surface area contributed by atoms with Crippen LogP contribution in [0.15, 0.2) is 23.3 Å².